The van der Waals surface area contributed by atoms with Gasteiger partial charge in [0, 0.05) is 31.2 Å². The predicted molar refractivity (Wildman–Crippen MR) is 60.9 cm³/mol. The molecule has 0 amide bonds. The molecule has 0 atom stereocenters. The van der Waals surface area contributed by atoms with Gasteiger partial charge < -0.3 is 10.4 Å². The molecule has 0 saturated carbocycles. The number of hydrogen-bond acceptors (Lipinski definition) is 4. The Labute approximate surface area is 93.1 Å². The highest BCUT2D eigenvalue weighted by molar-refractivity contribution is 7.99. The molecule has 0 fully saturated rings. The summed E-state index contributed by atoms with van der Waals surface area (Å²) in [5, 5.41) is 11.6. The molecule has 82 valence electrons. The van der Waals surface area contributed by atoms with E-state index in [-0.39, 0.29) is 5.75 Å². The monoisotopic (exact) mass is 226 g/mol. The summed E-state index contributed by atoms with van der Waals surface area (Å²) in [7, 11) is 0. The molecule has 1 aromatic rings. The Hall–Kier alpha value is -1.07. The maximum atomic E-state index is 10.2. The molecule has 0 unspecified atom stereocenters. The second-order valence-electron chi connectivity index (χ2n) is 2.98. The first-order valence-corrected chi connectivity index (χ1v) is 5.83. The number of rotatable bonds is 7. The highest BCUT2D eigenvalue weighted by Crippen LogP contribution is 1.98. The molecular formula is C10H14N2O2S. The third-order valence-electron chi connectivity index (χ3n) is 1.70. The second kappa shape index (κ2) is 7.25. The third-order valence-corrected chi connectivity index (χ3v) is 2.64. The summed E-state index contributed by atoms with van der Waals surface area (Å²) in [6.07, 6.45) is 3.56. The van der Waals surface area contributed by atoms with Crippen LogP contribution in [0.1, 0.15) is 5.56 Å². The van der Waals surface area contributed by atoms with Crippen molar-refractivity contribution in [3.05, 3.63) is 30.1 Å². The summed E-state index contributed by atoms with van der Waals surface area (Å²) < 4.78 is 0. The van der Waals surface area contributed by atoms with Crippen LogP contribution in [0.5, 0.6) is 0 Å². The Kier molecular flexibility index (Phi) is 5.80. The van der Waals surface area contributed by atoms with Crippen molar-refractivity contribution in [2.75, 3.05) is 18.1 Å². The maximum Gasteiger partial charge on any atom is 0.313 e. The highest BCUT2D eigenvalue weighted by Gasteiger charge is 1.96. The van der Waals surface area contributed by atoms with E-state index in [2.05, 4.69) is 10.3 Å². The first kappa shape index (κ1) is 12.0. The standard InChI is InChI=1S/C10H14N2O2S/c13-10(14)8-15-5-4-12-7-9-2-1-3-11-6-9/h1-3,6,12H,4-5,7-8H2,(H,13,14). The van der Waals surface area contributed by atoms with Gasteiger partial charge in [0.05, 0.1) is 5.75 Å². The molecule has 5 heteroatoms. The number of carbonyl (C=O) groups is 1. The Morgan fingerprint density at radius 1 is 1.60 bits per heavy atom. The van der Waals surface area contributed by atoms with Crippen molar-refractivity contribution < 1.29 is 9.90 Å². The van der Waals surface area contributed by atoms with E-state index >= 15 is 0 Å². The van der Waals surface area contributed by atoms with Crippen molar-refractivity contribution in [1.29, 1.82) is 0 Å². The molecule has 1 aromatic heterocycles. The number of thioether (sulfide) groups is 1. The van der Waals surface area contributed by atoms with Gasteiger partial charge in [-0.15, -0.1) is 11.8 Å². The zero-order valence-corrected chi connectivity index (χ0v) is 9.17. The van der Waals surface area contributed by atoms with Crippen LogP contribution in [0.25, 0.3) is 0 Å². The van der Waals surface area contributed by atoms with Crippen LogP contribution in [0, 0.1) is 0 Å². The molecule has 2 N–H and O–H groups in total. The highest BCUT2D eigenvalue weighted by atomic mass is 32.2. The number of carboxylic acids is 1. The maximum absolute atomic E-state index is 10.2. The van der Waals surface area contributed by atoms with Gasteiger partial charge in [0.2, 0.25) is 0 Å². The number of aliphatic carboxylic acids is 1. The Balaban J connectivity index is 2.00. The smallest absolute Gasteiger partial charge is 0.313 e. The summed E-state index contributed by atoms with van der Waals surface area (Å²) in [6, 6.07) is 3.90. The lowest BCUT2D eigenvalue weighted by Gasteiger charge is -2.03. The molecule has 0 spiro atoms. The van der Waals surface area contributed by atoms with Crippen LogP contribution in [-0.4, -0.2) is 34.1 Å². The minimum absolute atomic E-state index is 0.175. The molecule has 0 radical (unpaired) electrons. The van der Waals surface area contributed by atoms with Gasteiger partial charge >= 0.3 is 5.97 Å². The van der Waals surface area contributed by atoms with Crippen LogP contribution >= 0.6 is 11.8 Å². The lowest BCUT2D eigenvalue weighted by Crippen LogP contribution is -2.17. The fourth-order valence-corrected chi connectivity index (χ4v) is 1.65. The fourth-order valence-electron chi connectivity index (χ4n) is 1.04. The van der Waals surface area contributed by atoms with Crippen molar-refractivity contribution in [1.82, 2.24) is 10.3 Å². The van der Waals surface area contributed by atoms with Gasteiger partial charge in [0.25, 0.3) is 0 Å². The molecule has 0 bridgehead atoms. The van der Waals surface area contributed by atoms with Gasteiger partial charge in [-0.05, 0) is 11.6 Å². The van der Waals surface area contributed by atoms with Crippen LogP contribution < -0.4 is 5.32 Å². The van der Waals surface area contributed by atoms with E-state index in [4.69, 9.17) is 5.11 Å². The largest absolute Gasteiger partial charge is 0.481 e. The van der Waals surface area contributed by atoms with E-state index in [1.807, 2.05) is 18.3 Å². The number of nitrogens with zero attached hydrogens (tertiary/aromatic N) is 1. The topological polar surface area (TPSA) is 62.2 Å². The van der Waals surface area contributed by atoms with Crippen LogP contribution in [0.2, 0.25) is 0 Å². The lowest BCUT2D eigenvalue weighted by molar-refractivity contribution is -0.133. The number of carboxylic acid groups (broad SMARTS) is 1. The molecule has 0 aliphatic rings. The van der Waals surface area contributed by atoms with E-state index in [1.54, 1.807) is 6.20 Å². The molecule has 4 nitrogen and oxygen atoms in total. The minimum atomic E-state index is -0.757. The molecule has 15 heavy (non-hydrogen) atoms. The van der Waals surface area contributed by atoms with Gasteiger partial charge in [-0.2, -0.15) is 0 Å². The van der Waals surface area contributed by atoms with Crippen molar-refractivity contribution in [2.45, 2.75) is 6.54 Å². The zero-order chi connectivity index (χ0) is 10.9. The third kappa shape index (κ3) is 6.09. The van der Waals surface area contributed by atoms with Crippen molar-refractivity contribution in [3.63, 3.8) is 0 Å². The van der Waals surface area contributed by atoms with Gasteiger partial charge in [0.1, 0.15) is 0 Å². The zero-order valence-electron chi connectivity index (χ0n) is 8.35. The summed E-state index contributed by atoms with van der Waals surface area (Å²) >= 11 is 1.42. The summed E-state index contributed by atoms with van der Waals surface area (Å²) in [5.41, 5.74) is 1.14. The Morgan fingerprint density at radius 3 is 3.13 bits per heavy atom. The lowest BCUT2D eigenvalue weighted by atomic mass is 10.3. The molecule has 1 heterocycles. The molecule has 0 aromatic carbocycles. The summed E-state index contributed by atoms with van der Waals surface area (Å²) in [4.78, 5) is 14.2. The van der Waals surface area contributed by atoms with E-state index in [0.717, 1.165) is 24.4 Å². The number of pyridine rings is 1. The summed E-state index contributed by atoms with van der Waals surface area (Å²) in [5.74, 6) is 0.230. The van der Waals surface area contributed by atoms with Gasteiger partial charge in [-0.25, -0.2) is 0 Å². The Bertz CT molecular complexity index is 293. The first-order chi connectivity index (χ1) is 7.29. The second-order valence-corrected chi connectivity index (χ2v) is 4.09. The molecule has 1 rings (SSSR count). The van der Waals surface area contributed by atoms with Gasteiger partial charge in [-0.3, -0.25) is 9.78 Å². The number of nitrogens with one attached hydrogen (secondary N) is 1. The molecular weight excluding hydrogens is 212 g/mol. The Morgan fingerprint density at radius 2 is 2.47 bits per heavy atom. The fraction of sp³-hybridized carbons (Fsp3) is 0.400. The van der Waals surface area contributed by atoms with Crippen LogP contribution in [0.15, 0.2) is 24.5 Å². The average molecular weight is 226 g/mol. The quantitative estimate of drug-likeness (QED) is 0.679. The van der Waals surface area contributed by atoms with Crippen LogP contribution in [-0.2, 0) is 11.3 Å². The van der Waals surface area contributed by atoms with E-state index in [0.29, 0.717) is 0 Å². The normalized spacial score (nSPS) is 10.1. The van der Waals surface area contributed by atoms with Crippen molar-refractivity contribution in [2.24, 2.45) is 0 Å². The number of aromatic nitrogens is 1. The van der Waals surface area contributed by atoms with E-state index < -0.39 is 5.97 Å². The van der Waals surface area contributed by atoms with Crippen molar-refractivity contribution >= 4 is 17.7 Å². The average Bonchev–Trinajstić information content (AvgIpc) is 2.24. The van der Waals surface area contributed by atoms with E-state index in [1.165, 1.54) is 11.8 Å². The molecule has 0 aliphatic carbocycles. The van der Waals surface area contributed by atoms with E-state index in [9.17, 15) is 4.79 Å². The van der Waals surface area contributed by atoms with Crippen LogP contribution in [0.4, 0.5) is 0 Å². The predicted octanol–water partition coefficient (Wildman–Crippen LogP) is 0.989. The summed E-state index contributed by atoms with van der Waals surface area (Å²) in [6.45, 7) is 1.59. The van der Waals surface area contributed by atoms with Crippen molar-refractivity contribution in [3.8, 4) is 0 Å². The molecule has 0 aliphatic heterocycles. The number of hydrogen-bond donors (Lipinski definition) is 2. The minimum Gasteiger partial charge on any atom is -0.481 e. The first-order valence-electron chi connectivity index (χ1n) is 4.68. The molecule has 0 saturated heterocycles. The van der Waals surface area contributed by atoms with Crippen LogP contribution in [0.3, 0.4) is 0 Å². The SMILES string of the molecule is O=C(O)CSCCNCc1cccnc1. The van der Waals surface area contributed by atoms with Gasteiger partial charge in [0.15, 0.2) is 0 Å². The van der Waals surface area contributed by atoms with Gasteiger partial charge in [-0.1, -0.05) is 6.07 Å².